The predicted octanol–water partition coefficient (Wildman–Crippen LogP) is 5.65. The van der Waals surface area contributed by atoms with Crippen LogP contribution in [0.15, 0.2) is 71.8 Å². The molecule has 0 aliphatic carbocycles. The molecule has 0 aliphatic rings. The first-order chi connectivity index (χ1) is 13.9. The largest absolute Gasteiger partial charge is 0.480 e. The molecule has 0 fully saturated rings. The summed E-state index contributed by atoms with van der Waals surface area (Å²) < 4.78 is 43.4. The number of alkyl halides is 3. The molecule has 4 nitrogen and oxygen atoms in total. The average Bonchev–Trinajstić information content (AvgIpc) is 2.72. The fourth-order valence-electron chi connectivity index (χ4n) is 2.56. The van der Waals surface area contributed by atoms with Gasteiger partial charge >= 0.3 is 6.18 Å². The van der Waals surface area contributed by atoms with Crippen molar-refractivity contribution in [3.05, 3.63) is 83.6 Å². The number of amides is 1. The normalized spacial score (nSPS) is 11.2. The molecule has 150 valence electrons. The number of hydrogen-bond acceptors (Lipinski definition) is 4. The Morgan fingerprint density at radius 3 is 2.38 bits per heavy atom. The lowest BCUT2D eigenvalue weighted by Gasteiger charge is -2.13. The SMILES string of the molecule is COc1nccc(C(=O)Nc2ccc(C(F)(F)F)cc2)c1SCc1ccccc1. The summed E-state index contributed by atoms with van der Waals surface area (Å²) in [5, 5.41) is 2.62. The van der Waals surface area contributed by atoms with Gasteiger partial charge in [-0.2, -0.15) is 13.2 Å². The van der Waals surface area contributed by atoms with Crippen LogP contribution in [0.2, 0.25) is 0 Å². The fraction of sp³-hybridized carbons (Fsp3) is 0.143. The Morgan fingerprint density at radius 1 is 1.07 bits per heavy atom. The molecule has 0 aliphatic heterocycles. The minimum Gasteiger partial charge on any atom is -0.480 e. The number of aromatic nitrogens is 1. The zero-order chi connectivity index (χ0) is 20.9. The van der Waals surface area contributed by atoms with Crippen LogP contribution in [0.3, 0.4) is 0 Å². The van der Waals surface area contributed by atoms with E-state index < -0.39 is 17.6 Å². The first-order valence-corrected chi connectivity index (χ1v) is 9.55. The van der Waals surface area contributed by atoms with Gasteiger partial charge in [-0.15, -0.1) is 11.8 Å². The number of halogens is 3. The van der Waals surface area contributed by atoms with E-state index >= 15 is 0 Å². The van der Waals surface area contributed by atoms with E-state index in [0.717, 1.165) is 17.7 Å². The van der Waals surface area contributed by atoms with Gasteiger partial charge in [-0.05, 0) is 35.9 Å². The van der Waals surface area contributed by atoms with Gasteiger partial charge in [0.25, 0.3) is 5.91 Å². The molecule has 3 aromatic rings. The van der Waals surface area contributed by atoms with E-state index in [0.29, 0.717) is 22.1 Å². The first kappa shape index (κ1) is 20.7. The highest BCUT2D eigenvalue weighted by molar-refractivity contribution is 7.98. The molecule has 0 saturated carbocycles. The van der Waals surface area contributed by atoms with Crippen LogP contribution in [0.25, 0.3) is 0 Å². The Balaban J connectivity index is 1.81. The molecule has 1 heterocycles. The molecule has 8 heteroatoms. The van der Waals surface area contributed by atoms with Crippen LogP contribution >= 0.6 is 11.8 Å². The summed E-state index contributed by atoms with van der Waals surface area (Å²) in [6, 6.07) is 15.5. The topological polar surface area (TPSA) is 51.2 Å². The van der Waals surface area contributed by atoms with Crippen molar-refractivity contribution in [2.45, 2.75) is 16.8 Å². The maximum Gasteiger partial charge on any atom is 0.416 e. The number of ether oxygens (including phenoxy) is 1. The predicted molar refractivity (Wildman–Crippen MR) is 106 cm³/mol. The maximum absolute atomic E-state index is 12.8. The molecular formula is C21H17F3N2O2S. The van der Waals surface area contributed by atoms with Crippen molar-refractivity contribution in [1.82, 2.24) is 4.98 Å². The van der Waals surface area contributed by atoms with Crippen molar-refractivity contribution in [3.8, 4) is 5.88 Å². The van der Waals surface area contributed by atoms with Crippen molar-refractivity contribution in [2.75, 3.05) is 12.4 Å². The molecule has 1 amide bonds. The molecule has 1 N–H and O–H groups in total. The molecule has 2 aromatic carbocycles. The molecule has 0 spiro atoms. The second-order valence-electron chi connectivity index (χ2n) is 6.00. The summed E-state index contributed by atoms with van der Waals surface area (Å²) in [4.78, 5) is 17.5. The Morgan fingerprint density at radius 2 is 1.76 bits per heavy atom. The fourth-order valence-corrected chi connectivity index (χ4v) is 3.64. The third-order valence-corrected chi connectivity index (χ3v) is 5.17. The molecule has 0 atom stereocenters. The minimum atomic E-state index is -4.43. The van der Waals surface area contributed by atoms with E-state index in [1.54, 1.807) is 6.07 Å². The van der Waals surface area contributed by atoms with Crippen LogP contribution in [0, 0.1) is 0 Å². The Hall–Kier alpha value is -3.00. The molecule has 0 unspecified atom stereocenters. The number of nitrogens with zero attached hydrogens (tertiary/aromatic N) is 1. The molecule has 1 aromatic heterocycles. The van der Waals surface area contributed by atoms with E-state index in [9.17, 15) is 18.0 Å². The van der Waals surface area contributed by atoms with Gasteiger partial charge in [-0.3, -0.25) is 4.79 Å². The van der Waals surface area contributed by atoms with Gasteiger partial charge < -0.3 is 10.1 Å². The van der Waals surface area contributed by atoms with Crippen molar-refractivity contribution < 1.29 is 22.7 Å². The Kier molecular flexibility index (Phi) is 6.43. The summed E-state index contributed by atoms with van der Waals surface area (Å²) >= 11 is 1.40. The number of thioether (sulfide) groups is 1. The second kappa shape index (κ2) is 9.00. The summed E-state index contributed by atoms with van der Waals surface area (Å²) in [6.45, 7) is 0. The van der Waals surface area contributed by atoms with Gasteiger partial charge in [0.2, 0.25) is 5.88 Å². The van der Waals surface area contributed by atoms with Crippen LogP contribution in [0.4, 0.5) is 18.9 Å². The molecule has 3 rings (SSSR count). The number of pyridine rings is 1. The van der Waals surface area contributed by atoms with E-state index in [2.05, 4.69) is 10.3 Å². The number of benzene rings is 2. The molecule has 0 bridgehead atoms. The highest BCUT2D eigenvalue weighted by atomic mass is 32.2. The summed E-state index contributed by atoms with van der Waals surface area (Å²) in [6.07, 6.45) is -2.98. The maximum atomic E-state index is 12.8. The minimum absolute atomic E-state index is 0.262. The number of rotatable bonds is 6. The Labute approximate surface area is 170 Å². The lowest BCUT2D eigenvalue weighted by molar-refractivity contribution is -0.137. The van der Waals surface area contributed by atoms with Crippen LogP contribution in [-0.4, -0.2) is 18.0 Å². The monoisotopic (exact) mass is 418 g/mol. The third kappa shape index (κ3) is 5.29. The summed E-state index contributed by atoms with van der Waals surface area (Å²) in [5.41, 5.74) is 0.883. The highest BCUT2D eigenvalue weighted by Crippen LogP contribution is 2.34. The highest BCUT2D eigenvalue weighted by Gasteiger charge is 2.30. The average molecular weight is 418 g/mol. The lowest BCUT2D eigenvalue weighted by atomic mass is 10.2. The van der Waals surface area contributed by atoms with Crippen LogP contribution in [0.5, 0.6) is 5.88 Å². The van der Waals surface area contributed by atoms with Gasteiger partial charge in [0.1, 0.15) is 0 Å². The lowest BCUT2D eigenvalue weighted by Crippen LogP contribution is -2.14. The van der Waals surface area contributed by atoms with Gasteiger partial charge in [-0.25, -0.2) is 4.98 Å². The number of carbonyl (C=O) groups is 1. The molecule has 0 radical (unpaired) electrons. The van der Waals surface area contributed by atoms with Crippen LogP contribution in [-0.2, 0) is 11.9 Å². The second-order valence-corrected chi connectivity index (χ2v) is 6.99. The zero-order valence-corrected chi connectivity index (χ0v) is 16.2. The van der Waals surface area contributed by atoms with E-state index in [1.165, 1.54) is 37.2 Å². The van der Waals surface area contributed by atoms with Gasteiger partial charge in [0, 0.05) is 17.6 Å². The standard InChI is InChI=1S/C21H17F3N2O2S/c1-28-20-18(29-13-14-5-3-2-4-6-14)17(11-12-25-20)19(27)26-16-9-7-15(8-10-16)21(22,23)24/h2-12H,13H2,1H3,(H,26,27). The van der Waals surface area contributed by atoms with Gasteiger partial charge in [0.05, 0.1) is 23.1 Å². The number of hydrogen-bond donors (Lipinski definition) is 1. The zero-order valence-electron chi connectivity index (χ0n) is 15.4. The summed E-state index contributed by atoms with van der Waals surface area (Å²) in [5.74, 6) is 0.454. The molecule has 29 heavy (non-hydrogen) atoms. The number of carbonyl (C=O) groups excluding carboxylic acids is 1. The van der Waals surface area contributed by atoms with Crippen molar-refractivity contribution in [3.63, 3.8) is 0 Å². The van der Waals surface area contributed by atoms with E-state index in [4.69, 9.17) is 4.74 Å². The number of nitrogens with one attached hydrogen (secondary N) is 1. The van der Waals surface area contributed by atoms with Crippen LogP contribution < -0.4 is 10.1 Å². The van der Waals surface area contributed by atoms with Crippen molar-refractivity contribution in [1.29, 1.82) is 0 Å². The third-order valence-electron chi connectivity index (χ3n) is 4.01. The summed E-state index contributed by atoms with van der Waals surface area (Å²) in [7, 11) is 1.46. The Bertz CT molecular complexity index is 977. The van der Waals surface area contributed by atoms with Crippen molar-refractivity contribution >= 4 is 23.4 Å². The van der Waals surface area contributed by atoms with Gasteiger partial charge in [0.15, 0.2) is 0 Å². The molecular weight excluding hydrogens is 401 g/mol. The quantitative estimate of drug-likeness (QED) is 0.526. The van der Waals surface area contributed by atoms with E-state index in [1.807, 2.05) is 30.3 Å². The first-order valence-electron chi connectivity index (χ1n) is 8.57. The molecule has 0 saturated heterocycles. The van der Waals surface area contributed by atoms with Crippen LogP contribution in [0.1, 0.15) is 21.5 Å². The smallest absolute Gasteiger partial charge is 0.416 e. The number of methoxy groups -OCH3 is 1. The number of anilines is 1. The van der Waals surface area contributed by atoms with Crippen molar-refractivity contribution in [2.24, 2.45) is 0 Å². The van der Waals surface area contributed by atoms with Gasteiger partial charge in [-0.1, -0.05) is 30.3 Å². The van der Waals surface area contributed by atoms with E-state index in [-0.39, 0.29) is 5.69 Å².